The molecule has 0 radical (unpaired) electrons. The number of benzene rings is 1. The van der Waals surface area contributed by atoms with Crippen LogP contribution in [0.15, 0.2) is 42.0 Å². The summed E-state index contributed by atoms with van der Waals surface area (Å²) in [6, 6.07) is 9.38. The Balaban J connectivity index is 1.69. The normalized spacial score (nSPS) is 32.6. The van der Waals surface area contributed by atoms with Gasteiger partial charge in [0.25, 0.3) is 0 Å². The molecule has 0 aromatic heterocycles. The van der Waals surface area contributed by atoms with E-state index in [-0.39, 0.29) is 29.6 Å². The van der Waals surface area contributed by atoms with Crippen molar-refractivity contribution in [2.75, 3.05) is 16.4 Å². The minimum absolute atomic E-state index is 0.0109. The predicted octanol–water partition coefficient (Wildman–Crippen LogP) is 3.76. The maximum atomic E-state index is 13.2. The zero-order chi connectivity index (χ0) is 16.8. The van der Waals surface area contributed by atoms with Crippen LogP contribution in [-0.4, -0.2) is 23.3 Å². The summed E-state index contributed by atoms with van der Waals surface area (Å²) in [7, 11) is 0. The van der Waals surface area contributed by atoms with E-state index in [1.165, 1.54) is 10.5 Å². The molecule has 126 valence electrons. The lowest BCUT2D eigenvalue weighted by molar-refractivity contribution is -0.122. The third kappa shape index (κ3) is 2.34. The summed E-state index contributed by atoms with van der Waals surface area (Å²) in [4.78, 5) is 27.5. The molecule has 0 bridgehead atoms. The van der Waals surface area contributed by atoms with Gasteiger partial charge in [-0.25, -0.2) is 0 Å². The number of carbonyl (C=O) groups excluding carboxylic acids is 2. The number of fused-ring (bicyclic) bond motifs is 3. The van der Waals surface area contributed by atoms with E-state index in [0.717, 1.165) is 17.9 Å². The highest BCUT2D eigenvalue weighted by atomic mass is 32.2. The van der Waals surface area contributed by atoms with Crippen molar-refractivity contribution < 1.29 is 9.59 Å². The quantitative estimate of drug-likeness (QED) is 0.607. The maximum absolute atomic E-state index is 13.2. The summed E-state index contributed by atoms with van der Waals surface area (Å²) in [5.74, 6) is 3.15. The van der Waals surface area contributed by atoms with Crippen molar-refractivity contribution in [3.05, 3.63) is 42.0 Å². The van der Waals surface area contributed by atoms with E-state index in [1.54, 1.807) is 0 Å². The lowest BCUT2D eigenvalue weighted by Crippen LogP contribution is -2.39. The lowest BCUT2D eigenvalue weighted by Gasteiger charge is -2.40. The second-order valence-electron chi connectivity index (χ2n) is 7.41. The molecular formula is C20H23NO2S. The topological polar surface area (TPSA) is 37.4 Å². The number of anilines is 1. The van der Waals surface area contributed by atoms with Gasteiger partial charge in [-0.1, -0.05) is 43.7 Å². The summed E-state index contributed by atoms with van der Waals surface area (Å²) in [6.45, 7) is 4.52. The SMILES string of the molecule is CC(C)C1CSC[C@@H]2C1=CC[C@@H]1C(=O)N(c3ccccc3)C(=O)[C@@H]12. The van der Waals surface area contributed by atoms with Crippen LogP contribution in [0, 0.1) is 29.6 Å². The molecule has 2 amide bonds. The van der Waals surface area contributed by atoms with E-state index < -0.39 is 0 Å². The summed E-state index contributed by atoms with van der Waals surface area (Å²) in [6.07, 6.45) is 3.01. The molecule has 3 aliphatic rings. The molecule has 2 heterocycles. The Hall–Kier alpha value is -1.55. The van der Waals surface area contributed by atoms with Crippen LogP contribution < -0.4 is 4.90 Å². The highest BCUT2D eigenvalue weighted by Gasteiger charge is 2.54. The van der Waals surface area contributed by atoms with Crippen LogP contribution in [-0.2, 0) is 9.59 Å². The van der Waals surface area contributed by atoms with E-state index in [2.05, 4.69) is 19.9 Å². The van der Waals surface area contributed by atoms with Gasteiger partial charge in [0.15, 0.2) is 0 Å². The van der Waals surface area contributed by atoms with E-state index >= 15 is 0 Å². The van der Waals surface area contributed by atoms with Gasteiger partial charge < -0.3 is 0 Å². The molecule has 4 rings (SSSR count). The molecule has 0 spiro atoms. The van der Waals surface area contributed by atoms with Crippen molar-refractivity contribution >= 4 is 29.3 Å². The molecule has 4 atom stereocenters. The van der Waals surface area contributed by atoms with E-state index in [4.69, 9.17) is 0 Å². The van der Waals surface area contributed by atoms with Crippen molar-refractivity contribution in [2.24, 2.45) is 29.6 Å². The Kier molecular flexibility index (Phi) is 4.03. The minimum atomic E-state index is -0.169. The number of carbonyl (C=O) groups is 2. The molecule has 1 aromatic carbocycles. The van der Waals surface area contributed by atoms with Crippen molar-refractivity contribution in [1.29, 1.82) is 0 Å². The molecule has 2 saturated heterocycles. The number of amides is 2. The number of thioether (sulfide) groups is 1. The zero-order valence-electron chi connectivity index (χ0n) is 14.1. The third-order valence-corrected chi connectivity index (χ3v) is 6.98. The molecule has 3 nitrogen and oxygen atoms in total. The number of hydrogen-bond donors (Lipinski definition) is 0. The fourth-order valence-corrected chi connectivity index (χ4v) is 6.15. The molecule has 1 aromatic rings. The first kappa shape index (κ1) is 15.9. The van der Waals surface area contributed by atoms with Crippen molar-refractivity contribution in [2.45, 2.75) is 20.3 Å². The molecule has 0 N–H and O–H groups in total. The monoisotopic (exact) mass is 341 g/mol. The second kappa shape index (κ2) is 6.07. The number of imide groups is 1. The van der Waals surface area contributed by atoms with Gasteiger partial charge >= 0.3 is 0 Å². The number of nitrogens with zero attached hydrogens (tertiary/aromatic N) is 1. The van der Waals surface area contributed by atoms with Crippen molar-refractivity contribution in [3.63, 3.8) is 0 Å². The Labute approximate surface area is 147 Å². The summed E-state index contributed by atoms with van der Waals surface area (Å²) in [5.41, 5.74) is 2.16. The van der Waals surface area contributed by atoms with Crippen LogP contribution in [0.5, 0.6) is 0 Å². The Bertz CT molecular complexity index is 697. The molecule has 2 fully saturated rings. The fourth-order valence-electron chi connectivity index (χ4n) is 4.52. The summed E-state index contributed by atoms with van der Waals surface area (Å²) in [5, 5.41) is 0. The lowest BCUT2D eigenvalue weighted by atomic mass is 9.68. The van der Waals surface area contributed by atoms with Gasteiger partial charge in [-0.05, 0) is 30.4 Å². The standard InChI is InChI=1S/C20H23NO2S/c1-12(2)16-10-24-11-17-14(16)8-9-15-18(17)20(23)21(19(15)22)13-6-4-3-5-7-13/h3-8,12,15-18H,9-11H2,1-2H3/t15-,16?,17+,18-/m0/s1. The summed E-state index contributed by atoms with van der Waals surface area (Å²) >= 11 is 1.94. The first-order chi connectivity index (χ1) is 11.6. The Morgan fingerprint density at radius 2 is 1.79 bits per heavy atom. The van der Waals surface area contributed by atoms with Crippen LogP contribution in [0.25, 0.3) is 0 Å². The minimum Gasteiger partial charge on any atom is -0.274 e. The van der Waals surface area contributed by atoms with E-state index in [0.29, 0.717) is 17.5 Å². The van der Waals surface area contributed by atoms with E-state index in [1.807, 2.05) is 42.1 Å². The molecule has 2 aliphatic heterocycles. The van der Waals surface area contributed by atoms with E-state index in [9.17, 15) is 9.59 Å². The fraction of sp³-hybridized carbons (Fsp3) is 0.500. The van der Waals surface area contributed by atoms with Gasteiger partial charge in [0, 0.05) is 17.4 Å². The Morgan fingerprint density at radius 1 is 1.04 bits per heavy atom. The average Bonchev–Trinajstić information content (AvgIpc) is 2.86. The van der Waals surface area contributed by atoms with Gasteiger partial charge in [-0.3, -0.25) is 14.5 Å². The second-order valence-corrected chi connectivity index (χ2v) is 8.49. The number of para-hydroxylation sites is 1. The first-order valence-electron chi connectivity index (χ1n) is 8.80. The van der Waals surface area contributed by atoms with Crippen LogP contribution in [0.1, 0.15) is 20.3 Å². The van der Waals surface area contributed by atoms with Gasteiger partial charge in [-0.2, -0.15) is 11.8 Å². The first-order valence-corrected chi connectivity index (χ1v) is 9.95. The predicted molar refractivity (Wildman–Crippen MR) is 97.8 cm³/mol. The number of allylic oxidation sites excluding steroid dienone is 2. The smallest absolute Gasteiger partial charge is 0.238 e. The van der Waals surface area contributed by atoms with Gasteiger partial charge in [-0.15, -0.1) is 0 Å². The summed E-state index contributed by atoms with van der Waals surface area (Å²) < 4.78 is 0. The van der Waals surface area contributed by atoms with Crippen LogP contribution in [0.3, 0.4) is 0 Å². The molecule has 0 saturated carbocycles. The number of rotatable bonds is 2. The van der Waals surface area contributed by atoms with Gasteiger partial charge in [0.05, 0.1) is 17.5 Å². The molecular weight excluding hydrogens is 318 g/mol. The maximum Gasteiger partial charge on any atom is 0.238 e. The Morgan fingerprint density at radius 3 is 2.50 bits per heavy atom. The van der Waals surface area contributed by atoms with Crippen molar-refractivity contribution in [1.82, 2.24) is 0 Å². The average molecular weight is 341 g/mol. The molecule has 1 aliphatic carbocycles. The largest absolute Gasteiger partial charge is 0.274 e. The van der Waals surface area contributed by atoms with Crippen LogP contribution >= 0.6 is 11.8 Å². The molecule has 24 heavy (non-hydrogen) atoms. The third-order valence-electron chi connectivity index (χ3n) is 5.79. The van der Waals surface area contributed by atoms with Gasteiger partial charge in [0.1, 0.15) is 0 Å². The van der Waals surface area contributed by atoms with Crippen LogP contribution in [0.4, 0.5) is 5.69 Å². The van der Waals surface area contributed by atoms with Crippen LogP contribution in [0.2, 0.25) is 0 Å². The molecule has 4 heteroatoms. The van der Waals surface area contributed by atoms with Gasteiger partial charge in [0.2, 0.25) is 11.8 Å². The van der Waals surface area contributed by atoms with Crippen molar-refractivity contribution in [3.8, 4) is 0 Å². The zero-order valence-corrected chi connectivity index (χ0v) is 15.0. The molecule has 1 unspecified atom stereocenters. The highest BCUT2D eigenvalue weighted by Crippen LogP contribution is 2.50. The number of hydrogen-bond acceptors (Lipinski definition) is 3. The highest BCUT2D eigenvalue weighted by molar-refractivity contribution is 7.99.